The summed E-state index contributed by atoms with van der Waals surface area (Å²) in [7, 11) is 6.06. The van der Waals surface area contributed by atoms with Crippen LogP contribution in [0.4, 0.5) is 8.78 Å². The minimum absolute atomic E-state index is 0.0736. The number of aromatic carboxylic acids is 1. The predicted octanol–water partition coefficient (Wildman–Crippen LogP) is 11.9. The van der Waals surface area contributed by atoms with E-state index in [2.05, 4.69) is 68.1 Å². The lowest BCUT2D eigenvalue weighted by atomic mass is 9.85. The van der Waals surface area contributed by atoms with Gasteiger partial charge in [0.1, 0.15) is 22.7 Å². The number of aromatic nitrogens is 2. The molecule has 12 nitrogen and oxygen atoms in total. The number of carboxylic acid groups (broad SMARTS) is 1. The van der Waals surface area contributed by atoms with Crippen molar-refractivity contribution in [2.45, 2.75) is 111 Å². The summed E-state index contributed by atoms with van der Waals surface area (Å²) in [6.07, 6.45) is 3.19. The van der Waals surface area contributed by atoms with E-state index in [9.17, 15) is 28.0 Å². The quantitative estimate of drug-likeness (QED) is 0.146. The van der Waals surface area contributed by atoms with E-state index in [-0.39, 0.29) is 63.5 Å². The molecule has 17 heteroatoms. The van der Waals surface area contributed by atoms with Gasteiger partial charge in [-0.2, -0.15) is 0 Å². The first-order chi connectivity index (χ1) is 31.7. The highest BCUT2D eigenvalue weighted by Gasteiger charge is 2.37. The van der Waals surface area contributed by atoms with Crippen LogP contribution in [-0.2, 0) is 20.4 Å². The highest BCUT2D eigenvalue weighted by molar-refractivity contribution is 8.33. The topological polar surface area (TPSA) is 168 Å². The molecular formula is C51H64F2N5O7P3. The van der Waals surface area contributed by atoms with Crippen LogP contribution in [0, 0.1) is 17.0 Å². The number of amides is 3. The molecule has 0 aliphatic carbocycles. The van der Waals surface area contributed by atoms with Crippen LogP contribution in [0.15, 0.2) is 81.6 Å². The molecule has 0 radical (unpaired) electrons. The Morgan fingerprint density at radius 3 is 1.59 bits per heavy atom. The summed E-state index contributed by atoms with van der Waals surface area (Å²) in [5.74, 6) is -1.85. The zero-order chi connectivity index (χ0) is 50.4. The first-order valence-corrected chi connectivity index (χ1v) is 27.0. The van der Waals surface area contributed by atoms with E-state index in [1.807, 2.05) is 46.8 Å². The van der Waals surface area contributed by atoms with Gasteiger partial charge in [-0.3, -0.25) is 14.4 Å². The van der Waals surface area contributed by atoms with Crippen LogP contribution < -0.4 is 10.6 Å². The summed E-state index contributed by atoms with van der Waals surface area (Å²) in [6, 6.07) is 19.1. The number of pyridine rings is 2. The third-order valence-corrected chi connectivity index (χ3v) is 11.5. The number of nitrogens with one attached hydrogen (secondary N) is 2. The first kappa shape index (κ1) is 53.8. The molecule has 2 unspecified atom stereocenters. The fourth-order valence-corrected chi connectivity index (χ4v) is 7.96. The zero-order valence-corrected chi connectivity index (χ0v) is 43.8. The van der Waals surface area contributed by atoms with Crippen LogP contribution in [0.1, 0.15) is 127 Å². The van der Waals surface area contributed by atoms with Gasteiger partial charge in [0, 0.05) is 72.4 Å². The van der Waals surface area contributed by atoms with E-state index in [4.69, 9.17) is 18.9 Å². The molecule has 6 heterocycles. The van der Waals surface area contributed by atoms with Crippen molar-refractivity contribution in [2.24, 2.45) is 5.41 Å². The standard InChI is InChI=1S/C25H28FN3O3.C18H16FNO3.C8H15NO.H5P3/c1-24(2,3)17-12-18(15-6-8-16(26)9-7-15)28-19-13-20(32-22(17)19)23(31)29-11-10-27-21(30)14-25(29,4)5;1-18(2,3)12-8-13(10-4-6-11(19)7-5-10)20-14-9-15(17(21)22)23-16(12)14;1-8(2)4-3-5-9-7(10)6-8;1-3-2/h6-9,12-13H,10-11,14H2,1-5H3,(H,27,30);4-9H,1-3H3,(H,21,22);3-6H2,1-2H3,(H,9,10);3H,1-2H2. The number of hydrogen-bond donors (Lipinski definition) is 3. The second-order valence-corrected chi connectivity index (χ2v) is 24.7. The number of fused-ring (bicyclic) bond motifs is 2. The van der Waals surface area contributed by atoms with Crippen molar-refractivity contribution in [3.63, 3.8) is 0 Å². The summed E-state index contributed by atoms with van der Waals surface area (Å²) in [5, 5.41) is 14.8. The predicted molar refractivity (Wildman–Crippen MR) is 274 cm³/mol. The molecule has 0 saturated carbocycles. The molecule has 2 aliphatic heterocycles. The molecular weight excluding hydrogens is 926 g/mol. The van der Waals surface area contributed by atoms with E-state index in [1.54, 1.807) is 35.2 Å². The molecule has 68 heavy (non-hydrogen) atoms. The lowest BCUT2D eigenvalue weighted by Gasteiger charge is -2.35. The number of furan rings is 2. The zero-order valence-electron chi connectivity index (χ0n) is 40.5. The molecule has 2 aliphatic rings. The number of carboxylic acids is 1. The number of hydrogen-bond acceptors (Lipinski definition) is 8. The number of benzene rings is 2. The van der Waals surface area contributed by atoms with Crippen LogP contribution >= 0.6 is 25.8 Å². The van der Waals surface area contributed by atoms with Crippen molar-refractivity contribution in [3.8, 4) is 22.5 Å². The third kappa shape index (κ3) is 14.0. The number of rotatable bonds is 4. The minimum Gasteiger partial charge on any atom is -0.475 e. The van der Waals surface area contributed by atoms with E-state index in [0.29, 0.717) is 53.1 Å². The minimum atomic E-state index is -1.13. The van der Waals surface area contributed by atoms with Gasteiger partial charge in [-0.1, -0.05) is 63.3 Å². The van der Waals surface area contributed by atoms with Crippen molar-refractivity contribution < 1.29 is 41.9 Å². The fourth-order valence-electron chi connectivity index (χ4n) is 7.96. The first-order valence-electron chi connectivity index (χ1n) is 22.4. The van der Waals surface area contributed by atoms with Crippen LogP contribution in [0.25, 0.3) is 44.7 Å². The van der Waals surface area contributed by atoms with Gasteiger partial charge >= 0.3 is 5.97 Å². The Morgan fingerprint density at radius 1 is 0.706 bits per heavy atom. The smallest absolute Gasteiger partial charge is 0.371 e. The fraction of sp³-hybridized carbons (Fsp3) is 0.412. The highest BCUT2D eigenvalue weighted by Crippen LogP contribution is 2.37. The monoisotopic (exact) mass is 989 g/mol. The van der Waals surface area contributed by atoms with Crippen molar-refractivity contribution in [2.75, 3.05) is 19.6 Å². The van der Waals surface area contributed by atoms with Crippen molar-refractivity contribution in [1.82, 2.24) is 25.5 Å². The van der Waals surface area contributed by atoms with Crippen LogP contribution in [0.5, 0.6) is 0 Å². The highest BCUT2D eigenvalue weighted by atomic mass is 32.4. The molecule has 2 fully saturated rings. The maximum Gasteiger partial charge on any atom is 0.371 e. The molecule has 2 saturated heterocycles. The van der Waals surface area contributed by atoms with Gasteiger partial charge in [0.25, 0.3) is 5.91 Å². The maximum absolute atomic E-state index is 13.4. The lowest BCUT2D eigenvalue weighted by Crippen LogP contribution is -2.48. The molecule has 2 atom stereocenters. The Bertz CT molecular complexity index is 2760. The average Bonchev–Trinajstić information content (AvgIpc) is 3.81. The normalized spacial score (nSPS) is 15.8. The van der Waals surface area contributed by atoms with E-state index >= 15 is 0 Å². The lowest BCUT2D eigenvalue weighted by molar-refractivity contribution is -0.123. The Balaban J connectivity index is 0.000000208. The van der Waals surface area contributed by atoms with E-state index < -0.39 is 11.5 Å². The second kappa shape index (κ2) is 22.1. The molecule has 2 aromatic carbocycles. The number of halogens is 2. The summed E-state index contributed by atoms with van der Waals surface area (Å²) in [6.45, 7) is 22.0. The number of nitrogens with zero attached hydrogens (tertiary/aromatic N) is 3. The molecule has 4 aromatic heterocycles. The van der Waals surface area contributed by atoms with E-state index in [1.165, 1.54) is 30.3 Å². The third-order valence-electron chi connectivity index (χ3n) is 11.5. The number of carbonyl (C=O) groups excluding carboxylic acids is 3. The SMILES string of the molecule is CC(C)(C)c1cc(-c2ccc(F)cc2)nc2cc(C(=O)N3CCNC(=O)CC3(C)C)oc12.CC(C)(C)c1cc(-c2ccc(F)cc2)nc2cc(C(=O)O)oc12.CC1(C)CCCNC(=O)C1.PPP. The van der Waals surface area contributed by atoms with Gasteiger partial charge in [-0.15, -0.1) is 17.9 Å². The maximum atomic E-state index is 13.4. The molecule has 6 aromatic rings. The van der Waals surface area contributed by atoms with Gasteiger partial charge in [-0.05, 0) is 104 Å². The Morgan fingerprint density at radius 2 is 1.13 bits per heavy atom. The molecule has 0 bridgehead atoms. The summed E-state index contributed by atoms with van der Waals surface area (Å²) in [4.78, 5) is 58.4. The molecule has 3 amide bonds. The van der Waals surface area contributed by atoms with Crippen LogP contribution in [-0.4, -0.2) is 68.8 Å². The molecule has 8 rings (SSSR count). The van der Waals surface area contributed by atoms with Gasteiger partial charge in [0.05, 0.1) is 11.4 Å². The van der Waals surface area contributed by atoms with Crippen molar-refractivity contribution in [1.29, 1.82) is 0 Å². The molecule has 0 spiro atoms. The second-order valence-electron chi connectivity index (χ2n) is 20.3. The van der Waals surface area contributed by atoms with E-state index in [0.717, 1.165) is 49.6 Å². The van der Waals surface area contributed by atoms with Gasteiger partial charge in [0.15, 0.2) is 16.9 Å². The van der Waals surface area contributed by atoms with Crippen molar-refractivity contribution in [3.05, 3.63) is 107 Å². The van der Waals surface area contributed by atoms with Crippen LogP contribution in [0.2, 0.25) is 0 Å². The van der Waals surface area contributed by atoms with Crippen molar-refractivity contribution >= 4 is 71.7 Å². The van der Waals surface area contributed by atoms with Crippen LogP contribution in [0.3, 0.4) is 0 Å². The molecule has 364 valence electrons. The average molecular weight is 990 g/mol. The Hall–Kier alpha value is -5.15. The summed E-state index contributed by atoms with van der Waals surface area (Å²) >= 11 is 0. The summed E-state index contributed by atoms with van der Waals surface area (Å²) < 4.78 is 38.1. The number of carbonyl (C=O) groups is 4. The van der Waals surface area contributed by atoms with Gasteiger partial charge in [-0.25, -0.2) is 23.5 Å². The van der Waals surface area contributed by atoms with Gasteiger partial charge < -0.3 is 29.5 Å². The molecule has 3 N–H and O–H groups in total. The summed E-state index contributed by atoms with van der Waals surface area (Å²) in [5.41, 5.74) is 5.79. The van der Waals surface area contributed by atoms with Gasteiger partial charge in [0.2, 0.25) is 17.6 Å². The Labute approximate surface area is 403 Å². The largest absolute Gasteiger partial charge is 0.475 e. The Kier molecular flexibility index (Phi) is 17.5.